The molecule has 0 amide bonds. The van der Waals surface area contributed by atoms with Crippen molar-refractivity contribution in [2.45, 2.75) is 6.42 Å². The average molecular weight is 264 g/mol. The molecule has 102 valence electrons. The average Bonchev–Trinajstić information content (AvgIpc) is 2.85. The molecule has 3 N–H and O–H groups in total. The molecule has 0 unspecified atom stereocenters. The van der Waals surface area contributed by atoms with E-state index in [1.54, 1.807) is 13.2 Å². The van der Waals surface area contributed by atoms with Gasteiger partial charge in [-0.2, -0.15) is 0 Å². The predicted molar refractivity (Wildman–Crippen MR) is 69.2 cm³/mol. The van der Waals surface area contributed by atoms with E-state index >= 15 is 0 Å². The van der Waals surface area contributed by atoms with Crippen LogP contribution in [0.25, 0.3) is 5.65 Å². The predicted octanol–water partition coefficient (Wildman–Crippen LogP) is -0.702. The number of amidine groups is 1. The minimum atomic E-state index is 0.144. The molecular formula is C10H16N8O. The summed E-state index contributed by atoms with van der Waals surface area (Å²) < 4.78 is 6.44. The molecule has 0 atom stereocenters. The number of nitrogens with one attached hydrogen (secondary N) is 1. The molecule has 9 nitrogen and oxygen atoms in total. The first-order valence-corrected chi connectivity index (χ1v) is 5.83. The number of nitrogens with zero attached hydrogens (tertiary/aromatic N) is 6. The van der Waals surface area contributed by atoms with Gasteiger partial charge in [-0.05, 0) is 22.6 Å². The van der Waals surface area contributed by atoms with Crippen LogP contribution in [0, 0.1) is 5.41 Å². The lowest BCUT2D eigenvalue weighted by atomic mass is 10.3. The summed E-state index contributed by atoms with van der Waals surface area (Å²) in [7, 11) is 1.64. The van der Waals surface area contributed by atoms with E-state index in [0.717, 1.165) is 5.82 Å². The standard InChI is InChI=1S/C10H16N8O/c1-19-7-6-17(5-4-8(11)12)10-3-2-9-13-15-16-18(9)14-10/h2-3H,4-7H2,1H3,(H3,11,12). The van der Waals surface area contributed by atoms with E-state index in [1.807, 2.05) is 11.0 Å². The highest BCUT2D eigenvalue weighted by atomic mass is 16.5. The van der Waals surface area contributed by atoms with Gasteiger partial charge in [0.15, 0.2) is 11.5 Å². The monoisotopic (exact) mass is 264 g/mol. The van der Waals surface area contributed by atoms with Gasteiger partial charge in [0.05, 0.1) is 12.4 Å². The Morgan fingerprint density at radius 2 is 2.32 bits per heavy atom. The Balaban J connectivity index is 2.16. The first kappa shape index (κ1) is 13.1. The molecule has 2 heterocycles. The highest BCUT2D eigenvalue weighted by Crippen LogP contribution is 2.10. The van der Waals surface area contributed by atoms with E-state index < -0.39 is 0 Å². The number of hydrogen-bond acceptors (Lipinski definition) is 7. The van der Waals surface area contributed by atoms with Crippen molar-refractivity contribution in [1.82, 2.24) is 25.3 Å². The largest absolute Gasteiger partial charge is 0.388 e. The van der Waals surface area contributed by atoms with Crippen LogP contribution < -0.4 is 10.6 Å². The SMILES string of the molecule is COCCN(CCC(=N)N)c1ccc2nnnn2n1. The van der Waals surface area contributed by atoms with Crippen molar-refractivity contribution in [2.75, 3.05) is 31.7 Å². The molecule has 0 aliphatic carbocycles. The lowest BCUT2D eigenvalue weighted by Crippen LogP contribution is -2.32. The number of hydrogen-bond donors (Lipinski definition) is 2. The maximum atomic E-state index is 7.30. The maximum Gasteiger partial charge on any atom is 0.200 e. The van der Waals surface area contributed by atoms with Gasteiger partial charge in [0.1, 0.15) is 0 Å². The first-order chi connectivity index (χ1) is 9.20. The van der Waals surface area contributed by atoms with Gasteiger partial charge in [-0.15, -0.1) is 14.8 Å². The fourth-order valence-electron chi connectivity index (χ4n) is 1.61. The Kier molecular flexibility index (Phi) is 4.18. The van der Waals surface area contributed by atoms with E-state index in [-0.39, 0.29) is 5.84 Å². The third-order valence-electron chi connectivity index (χ3n) is 2.60. The second-order valence-electron chi connectivity index (χ2n) is 3.97. The molecule has 0 bridgehead atoms. The van der Waals surface area contributed by atoms with E-state index in [0.29, 0.717) is 31.8 Å². The van der Waals surface area contributed by atoms with Crippen molar-refractivity contribution in [1.29, 1.82) is 5.41 Å². The molecular weight excluding hydrogens is 248 g/mol. The molecule has 0 aliphatic heterocycles. The molecule has 0 aromatic carbocycles. The van der Waals surface area contributed by atoms with Gasteiger partial charge in [0.2, 0.25) is 0 Å². The minimum absolute atomic E-state index is 0.144. The summed E-state index contributed by atoms with van der Waals surface area (Å²) in [6, 6.07) is 3.62. The van der Waals surface area contributed by atoms with Crippen LogP contribution in [0.3, 0.4) is 0 Å². The maximum absolute atomic E-state index is 7.30. The van der Waals surface area contributed by atoms with Gasteiger partial charge in [-0.1, -0.05) is 0 Å². The molecule has 2 aromatic rings. The number of methoxy groups -OCH3 is 1. The zero-order valence-electron chi connectivity index (χ0n) is 10.7. The van der Waals surface area contributed by atoms with Gasteiger partial charge in [-0.25, -0.2) is 0 Å². The van der Waals surface area contributed by atoms with Gasteiger partial charge in [0.25, 0.3) is 0 Å². The van der Waals surface area contributed by atoms with Crippen molar-refractivity contribution in [3.63, 3.8) is 0 Å². The number of tetrazole rings is 1. The molecule has 0 saturated heterocycles. The van der Waals surface area contributed by atoms with Crippen molar-refractivity contribution in [3.05, 3.63) is 12.1 Å². The summed E-state index contributed by atoms with van der Waals surface area (Å²) in [5.74, 6) is 0.865. The molecule has 2 aromatic heterocycles. The van der Waals surface area contributed by atoms with E-state index in [4.69, 9.17) is 15.9 Å². The number of aromatic nitrogens is 5. The fraction of sp³-hybridized carbons (Fsp3) is 0.500. The lowest BCUT2D eigenvalue weighted by molar-refractivity contribution is 0.205. The van der Waals surface area contributed by atoms with Crippen molar-refractivity contribution < 1.29 is 4.74 Å². The summed E-state index contributed by atoms with van der Waals surface area (Å²) >= 11 is 0. The minimum Gasteiger partial charge on any atom is -0.388 e. The van der Waals surface area contributed by atoms with Crippen LogP contribution in [0.2, 0.25) is 0 Å². The van der Waals surface area contributed by atoms with E-state index in [2.05, 4.69) is 20.6 Å². The highest BCUT2D eigenvalue weighted by molar-refractivity contribution is 5.77. The molecule has 0 spiro atoms. The van der Waals surface area contributed by atoms with Gasteiger partial charge >= 0.3 is 0 Å². The fourth-order valence-corrected chi connectivity index (χ4v) is 1.61. The number of ether oxygens (including phenoxy) is 1. The number of anilines is 1. The lowest BCUT2D eigenvalue weighted by Gasteiger charge is -2.22. The number of rotatable bonds is 7. The van der Waals surface area contributed by atoms with Crippen LogP contribution in [-0.4, -0.2) is 57.9 Å². The summed E-state index contributed by atoms with van der Waals surface area (Å²) in [4.78, 5) is 1.98. The zero-order chi connectivity index (χ0) is 13.7. The summed E-state index contributed by atoms with van der Waals surface area (Å²) in [6.07, 6.45) is 0.471. The third-order valence-corrected chi connectivity index (χ3v) is 2.60. The number of nitrogens with two attached hydrogens (primary N) is 1. The Morgan fingerprint density at radius 1 is 1.47 bits per heavy atom. The number of fused-ring (bicyclic) bond motifs is 1. The smallest absolute Gasteiger partial charge is 0.200 e. The third kappa shape index (κ3) is 3.35. The summed E-state index contributed by atoms with van der Waals surface area (Å²) in [5.41, 5.74) is 5.97. The Bertz CT molecular complexity index is 553. The van der Waals surface area contributed by atoms with Crippen molar-refractivity contribution in [3.8, 4) is 0 Å². The summed E-state index contributed by atoms with van der Waals surface area (Å²) in [6.45, 7) is 1.82. The van der Waals surface area contributed by atoms with Gasteiger partial charge in [-0.3, -0.25) is 5.41 Å². The first-order valence-electron chi connectivity index (χ1n) is 5.83. The van der Waals surface area contributed by atoms with Gasteiger partial charge in [0, 0.05) is 26.6 Å². The molecule has 0 radical (unpaired) electrons. The van der Waals surface area contributed by atoms with Crippen LogP contribution in [0.15, 0.2) is 12.1 Å². The van der Waals surface area contributed by atoms with Crippen LogP contribution in [0.1, 0.15) is 6.42 Å². The molecule has 2 rings (SSSR count). The second-order valence-corrected chi connectivity index (χ2v) is 3.97. The van der Waals surface area contributed by atoms with Crippen LogP contribution in [0.5, 0.6) is 0 Å². The molecule has 0 saturated carbocycles. The molecule has 9 heteroatoms. The van der Waals surface area contributed by atoms with E-state index in [9.17, 15) is 0 Å². The highest BCUT2D eigenvalue weighted by Gasteiger charge is 2.10. The Labute approximate surface area is 109 Å². The second kappa shape index (κ2) is 6.05. The quantitative estimate of drug-likeness (QED) is 0.501. The van der Waals surface area contributed by atoms with Crippen LogP contribution in [-0.2, 0) is 4.74 Å². The normalized spacial score (nSPS) is 10.8. The molecule has 0 fully saturated rings. The molecule has 0 aliphatic rings. The Morgan fingerprint density at radius 3 is 3.05 bits per heavy atom. The van der Waals surface area contributed by atoms with E-state index in [1.165, 1.54) is 4.63 Å². The Hall–Kier alpha value is -2.29. The van der Waals surface area contributed by atoms with Gasteiger partial charge < -0.3 is 15.4 Å². The van der Waals surface area contributed by atoms with Crippen molar-refractivity contribution >= 4 is 17.3 Å². The molecule has 19 heavy (non-hydrogen) atoms. The van der Waals surface area contributed by atoms with Crippen molar-refractivity contribution in [2.24, 2.45) is 5.73 Å². The van der Waals surface area contributed by atoms with Crippen LogP contribution in [0.4, 0.5) is 5.82 Å². The summed E-state index contributed by atoms with van der Waals surface area (Å²) in [5, 5.41) is 22.7. The topological polar surface area (TPSA) is 118 Å². The van der Waals surface area contributed by atoms with Crippen LogP contribution >= 0.6 is 0 Å². The zero-order valence-corrected chi connectivity index (χ0v) is 10.7.